The number of aliphatic hydroxyl groups is 1. The molecule has 1 rings (SSSR count). The molecule has 6 nitrogen and oxygen atoms in total. The molecule has 19 heavy (non-hydrogen) atoms. The van der Waals surface area contributed by atoms with Gasteiger partial charge in [-0.05, 0) is 26.7 Å². The van der Waals surface area contributed by atoms with Crippen LogP contribution in [0.1, 0.15) is 39.5 Å². The summed E-state index contributed by atoms with van der Waals surface area (Å²) in [4.78, 5) is 26.4. The van der Waals surface area contributed by atoms with Crippen LogP contribution in [0, 0.1) is 0 Å². The molecule has 0 heterocycles. The molecule has 0 bridgehead atoms. The highest BCUT2D eigenvalue weighted by Crippen LogP contribution is 2.24. The van der Waals surface area contributed by atoms with Gasteiger partial charge in [-0.15, -0.1) is 0 Å². The van der Waals surface area contributed by atoms with Crippen molar-refractivity contribution in [3.63, 3.8) is 0 Å². The predicted molar refractivity (Wildman–Crippen MR) is 70.9 cm³/mol. The highest BCUT2D eigenvalue weighted by atomic mass is 16.4. The molecule has 0 atom stereocenters. The Morgan fingerprint density at radius 1 is 1.26 bits per heavy atom. The predicted octanol–water partition coefficient (Wildman–Crippen LogP) is 1.14. The maximum Gasteiger partial charge on any atom is 0.323 e. The standard InChI is InChI=1S/C13H24N2O4/c1-10(2)14(7-8-16)13(19)15(9-12(17)18)11-5-3-4-6-11/h10-11,16H,3-9H2,1-2H3,(H,17,18). The minimum absolute atomic E-state index is 0.0172. The van der Waals surface area contributed by atoms with Crippen LogP contribution < -0.4 is 0 Å². The van der Waals surface area contributed by atoms with Crippen LogP contribution in [0.25, 0.3) is 0 Å². The summed E-state index contributed by atoms with van der Waals surface area (Å²) < 4.78 is 0. The van der Waals surface area contributed by atoms with E-state index in [9.17, 15) is 9.59 Å². The van der Waals surface area contributed by atoms with Gasteiger partial charge in [-0.2, -0.15) is 0 Å². The molecule has 110 valence electrons. The van der Waals surface area contributed by atoms with Gasteiger partial charge in [0.2, 0.25) is 0 Å². The number of nitrogens with zero attached hydrogens (tertiary/aromatic N) is 2. The summed E-state index contributed by atoms with van der Waals surface area (Å²) in [6.45, 7) is 3.58. The molecule has 0 aromatic carbocycles. The van der Waals surface area contributed by atoms with Gasteiger partial charge in [-0.25, -0.2) is 4.79 Å². The molecule has 2 N–H and O–H groups in total. The third-order valence-corrected chi connectivity index (χ3v) is 3.53. The number of carboxylic acids is 1. The number of carbonyl (C=O) groups is 2. The summed E-state index contributed by atoms with van der Waals surface area (Å²) in [6, 6.07) is -0.320. The zero-order valence-electron chi connectivity index (χ0n) is 11.7. The van der Waals surface area contributed by atoms with Crippen molar-refractivity contribution in [2.24, 2.45) is 0 Å². The van der Waals surface area contributed by atoms with Gasteiger partial charge in [0.15, 0.2) is 0 Å². The minimum atomic E-state index is -0.993. The molecule has 0 aromatic heterocycles. The van der Waals surface area contributed by atoms with Crippen LogP contribution in [0.5, 0.6) is 0 Å². The monoisotopic (exact) mass is 272 g/mol. The Kier molecular flexibility index (Phi) is 6.08. The Balaban J connectivity index is 2.81. The van der Waals surface area contributed by atoms with Gasteiger partial charge in [0.25, 0.3) is 0 Å². The quantitative estimate of drug-likeness (QED) is 0.759. The van der Waals surface area contributed by atoms with E-state index < -0.39 is 5.97 Å². The summed E-state index contributed by atoms with van der Waals surface area (Å²) >= 11 is 0. The van der Waals surface area contributed by atoms with Gasteiger partial charge in [0.05, 0.1) is 6.61 Å². The van der Waals surface area contributed by atoms with E-state index >= 15 is 0 Å². The zero-order chi connectivity index (χ0) is 14.4. The average molecular weight is 272 g/mol. The average Bonchev–Trinajstić information content (AvgIpc) is 2.85. The summed E-state index contributed by atoms with van der Waals surface area (Å²) in [7, 11) is 0. The van der Waals surface area contributed by atoms with Gasteiger partial charge in [-0.1, -0.05) is 12.8 Å². The first-order valence-corrected chi connectivity index (χ1v) is 6.87. The van der Waals surface area contributed by atoms with Crippen molar-refractivity contribution in [2.75, 3.05) is 19.7 Å². The van der Waals surface area contributed by atoms with Gasteiger partial charge >= 0.3 is 12.0 Å². The number of urea groups is 1. The van der Waals surface area contributed by atoms with Crippen molar-refractivity contribution in [3.05, 3.63) is 0 Å². The number of rotatable bonds is 6. The lowest BCUT2D eigenvalue weighted by Gasteiger charge is -2.35. The molecule has 2 amide bonds. The maximum atomic E-state index is 12.5. The summed E-state index contributed by atoms with van der Waals surface area (Å²) in [5.74, 6) is -0.993. The van der Waals surface area contributed by atoms with Gasteiger partial charge in [0.1, 0.15) is 6.54 Å². The van der Waals surface area contributed by atoms with Crippen LogP contribution in [-0.2, 0) is 4.79 Å². The Labute approximate surface area is 114 Å². The number of carbonyl (C=O) groups excluding carboxylic acids is 1. The fraction of sp³-hybridized carbons (Fsp3) is 0.846. The minimum Gasteiger partial charge on any atom is -0.480 e. The highest BCUT2D eigenvalue weighted by molar-refractivity contribution is 5.80. The van der Waals surface area contributed by atoms with Crippen molar-refractivity contribution < 1.29 is 19.8 Å². The summed E-state index contributed by atoms with van der Waals surface area (Å²) in [5, 5.41) is 18.0. The summed E-state index contributed by atoms with van der Waals surface area (Å²) in [5.41, 5.74) is 0. The van der Waals surface area contributed by atoms with Gasteiger partial charge < -0.3 is 20.0 Å². The largest absolute Gasteiger partial charge is 0.480 e. The normalized spacial score (nSPS) is 15.8. The number of aliphatic hydroxyl groups excluding tert-OH is 1. The second-order valence-electron chi connectivity index (χ2n) is 5.25. The van der Waals surface area contributed by atoms with E-state index in [-0.39, 0.29) is 37.8 Å². The second-order valence-corrected chi connectivity index (χ2v) is 5.25. The molecule has 0 radical (unpaired) electrons. The molecule has 1 fully saturated rings. The van der Waals surface area contributed by atoms with Crippen LogP contribution in [0.3, 0.4) is 0 Å². The van der Waals surface area contributed by atoms with Crippen molar-refractivity contribution in [1.82, 2.24) is 9.80 Å². The molecule has 0 aliphatic heterocycles. The SMILES string of the molecule is CC(C)N(CCO)C(=O)N(CC(=O)O)C1CCCC1. The van der Waals surface area contributed by atoms with Crippen LogP contribution in [-0.4, -0.2) is 63.8 Å². The van der Waals surface area contributed by atoms with Crippen molar-refractivity contribution in [1.29, 1.82) is 0 Å². The Bertz CT molecular complexity index is 314. The number of aliphatic carboxylic acids is 1. The first-order chi connectivity index (χ1) is 8.97. The van der Waals surface area contributed by atoms with Crippen molar-refractivity contribution >= 4 is 12.0 Å². The van der Waals surface area contributed by atoms with Gasteiger partial charge in [0, 0.05) is 18.6 Å². The number of hydrogen-bond acceptors (Lipinski definition) is 3. The van der Waals surface area contributed by atoms with Crippen LogP contribution in [0.4, 0.5) is 4.79 Å². The lowest BCUT2D eigenvalue weighted by Crippen LogP contribution is -2.52. The fourth-order valence-corrected chi connectivity index (χ4v) is 2.56. The van der Waals surface area contributed by atoms with Gasteiger partial charge in [-0.3, -0.25) is 4.79 Å². The third-order valence-electron chi connectivity index (χ3n) is 3.53. The molecule has 0 aromatic rings. The molecule has 0 spiro atoms. The van der Waals surface area contributed by atoms with E-state index in [1.807, 2.05) is 13.8 Å². The molecule has 1 aliphatic rings. The van der Waals surface area contributed by atoms with E-state index in [1.165, 1.54) is 9.80 Å². The Morgan fingerprint density at radius 3 is 2.26 bits per heavy atom. The smallest absolute Gasteiger partial charge is 0.323 e. The van der Waals surface area contributed by atoms with E-state index in [0.717, 1.165) is 25.7 Å². The molecule has 0 unspecified atom stereocenters. The topological polar surface area (TPSA) is 81.1 Å². The fourth-order valence-electron chi connectivity index (χ4n) is 2.56. The molecule has 1 aliphatic carbocycles. The zero-order valence-corrected chi connectivity index (χ0v) is 11.7. The van der Waals surface area contributed by atoms with Crippen molar-refractivity contribution in [3.8, 4) is 0 Å². The third kappa shape index (κ3) is 4.38. The highest BCUT2D eigenvalue weighted by Gasteiger charge is 2.31. The van der Waals surface area contributed by atoms with Crippen molar-refractivity contribution in [2.45, 2.75) is 51.6 Å². The van der Waals surface area contributed by atoms with E-state index in [1.54, 1.807) is 0 Å². The molecule has 1 saturated carbocycles. The lowest BCUT2D eigenvalue weighted by atomic mass is 10.2. The summed E-state index contributed by atoms with van der Waals surface area (Å²) in [6.07, 6.45) is 3.81. The van der Waals surface area contributed by atoms with Crippen LogP contribution in [0.15, 0.2) is 0 Å². The Hall–Kier alpha value is -1.30. The first-order valence-electron chi connectivity index (χ1n) is 6.87. The molecular formula is C13H24N2O4. The number of carboxylic acid groups (broad SMARTS) is 1. The van der Waals surface area contributed by atoms with E-state index in [0.29, 0.717) is 0 Å². The Morgan fingerprint density at radius 2 is 1.84 bits per heavy atom. The lowest BCUT2D eigenvalue weighted by molar-refractivity contribution is -0.138. The number of amides is 2. The molecule has 6 heteroatoms. The second kappa shape index (κ2) is 7.33. The molecule has 0 saturated heterocycles. The maximum absolute atomic E-state index is 12.5. The number of hydrogen-bond donors (Lipinski definition) is 2. The van der Waals surface area contributed by atoms with Crippen LogP contribution in [0.2, 0.25) is 0 Å². The van der Waals surface area contributed by atoms with E-state index in [2.05, 4.69) is 0 Å². The van der Waals surface area contributed by atoms with E-state index in [4.69, 9.17) is 10.2 Å². The van der Waals surface area contributed by atoms with Crippen LogP contribution >= 0.6 is 0 Å². The molecular weight excluding hydrogens is 248 g/mol. The first kappa shape index (κ1) is 15.8.